The quantitative estimate of drug-likeness (QED) is 0.880. The Balaban J connectivity index is 2.02. The Bertz CT molecular complexity index is 469. The van der Waals surface area contributed by atoms with E-state index in [0.717, 1.165) is 28.5 Å². The number of nitrogens with one attached hydrogen (secondary N) is 1. The maximum Gasteiger partial charge on any atom is 0.140 e. The lowest BCUT2D eigenvalue weighted by atomic mass is 10.2. The van der Waals surface area contributed by atoms with E-state index in [-0.39, 0.29) is 0 Å². The van der Waals surface area contributed by atoms with Crippen molar-refractivity contribution in [1.29, 1.82) is 0 Å². The van der Waals surface area contributed by atoms with Gasteiger partial charge in [0.1, 0.15) is 18.1 Å². The number of nitrogens with zero attached hydrogens (tertiary/aromatic N) is 1. The number of hydrogen-bond donors (Lipinski definition) is 1. The third-order valence-corrected chi connectivity index (χ3v) is 2.71. The number of hydrogen-bond acceptors (Lipinski definition) is 4. The molecule has 1 heterocycles. The number of aryl methyl sites for hydroxylation is 2. The third kappa shape index (κ3) is 2.58. The first-order chi connectivity index (χ1) is 8.20. The first kappa shape index (κ1) is 11.5. The number of aromatic nitrogens is 1. The van der Waals surface area contributed by atoms with Crippen molar-refractivity contribution >= 4 is 5.69 Å². The molecule has 0 aliphatic rings. The lowest BCUT2D eigenvalue weighted by molar-refractivity contribution is 0.302. The zero-order valence-electron chi connectivity index (χ0n) is 10.3. The highest BCUT2D eigenvalue weighted by Crippen LogP contribution is 2.19. The Morgan fingerprint density at radius 3 is 2.47 bits per heavy atom. The van der Waals surface area contributed by atoms with Crippen molar-refractivity contribution in [3.8, 4) is 5.75 Å². The minimum Gasteiger partial charge on any atom is -0.489 e. The molecular weight excluding hydrogens is 216 g/mol. The molecular formula is C13H16N2O2. The second kappa shape index (κ2) is 4.91. The topological polar surface area (TPSA) is 47.3 Å². The highest BCUT2D eigenvalue weighted by Gasteiger charge is 2.09. The molecule has 0 aliphatic carbocycles. The van der Waals surface area contributed by atoms with E-state index in [9.17, 15) is 0 Å². The van der Waals surface area contributed by atoms with Crippen LogP contribution in [-0.4, -0.2) is 12.2 Å². The van der Waals surface area contributed by atoms with E-state index in [0.29, 0.717) is 6.61 Å². The highest BCUT2D eigenvalue weighted by molar-refractivity contribution is 5.45. The first-order valence-corrected chi connectivity index (χ1v) is 5.53. The Kier molecular flexibility index (Phi) is 3.32. The fourth-order valence-corrected chi connectivity index (χ4v) is 1.58. The maximum absolute atomic E-state index is 5.68. The minimum atomic E-state index is 0.486. The van der Waals surface area contributed by atoms with Crippen LogP contribution in [0.2, 0.25) is 0 Å². The molecule has 2 aromatic rings. The van der Waals surface area contributed by atoms with E-state index in [4.69, 9.17) is 9.26 Å². The van der Waals surface area contributed by atoms with Gasteiger partial charge >= 0.3 is 0 Å². The van der Waals surface area contributed by atoms with Gasteiger partial charge in [-0.2, -0.15) is 0 Å². The predicted octanol–water partition coefficient (Wildman–Crippen LogP) is 2.91. The third-order valence-electron chi connectivity index (χ3n) is 2.71. The molecule has 0 atom stereocenters. The normalized spacial score (nSPS) is 10.3. The number of anilines is 1. The summed E-state index contributed by atoms with van der Waals surface area (Å²) in [5.74, 6) is 1.65. The zero-order valence-corrected chi connectivity index (χ0v) is 10.3. The van der Waals surface area contributed by atoms with Crippen LogP contribution in [0.15, 0.2) is 28.8 Å². The fourth-order valence-electron chi connectivity index (χ4n) is 1.58. The van der Waals surface area contributed by atoms with E-state index in [2.05, 4.69) is 10.5 Å². The second-order valence-electron chi connectivity index (χ2n) is 3.87. The predicted molar refractivity (Wildman–Crippen MR) is 66.3 cm³/mol. The maximum atomic E-state index is 5.68. The van der Waals surface area contributed by atoms with Crippen molar-refractivity contribution in [1.82, 2.24) is 5.16 Å². The molecule has 0 aliphatic heterocycles. The molecule has 1 aromatic heterocycles. The largest absolute Gasteiger partial charge is 0.489 e. The standard InChI is InChI=1S/C13H16N2O2/c1-9-13(10(2)17-15-9)8-16-12-6-4-11(14-3)5-7-12/h4-7,14H,8H2,1-3H3. The smallest absolute Gasteiger partial charge is 0.140 e. The van der Waals surface area contributed by atoms with E-state index in [1.54, 1.807) is 0 Å². The van der Waals surface area contributed by atoms with Gasteiger partial charge in [0.25, 0.3) is 0 Å². The summed E-state index contributed by atoms with van der Waals surface area (Å²) in [7, 11) is 1.89. The number of rotatable bonds is 4. The van der Waals surface area contributed by atoms with Crippen LogP contribution in [0.1, 0.15) is 17.0 Å². The van der Waals surface area contributed by atoms with Gasteiger partial charge in [-0.25, -0.2) is 0 Å². The van der Waals surface area contributed by atoms with E-state index >= 15 is 0 Å². The Morgan fingerprint density at radius 2 is 1.94 bits per heavy atom. The monoisotopic (exact) mass is 232 g/mol. The van der Waals surface area contributed by atoms with Gasteiger partial charge in [-0.15, -0.1) is 0 Å². The van der Waals surface area contributed by atoms with Crippen LogP contribution in [-0.2, 0) is 6.61 Å². The Labute approximate surface area is 101 Å². The van der Waals surface area contributed by atoms with Crippen LogP contribution in [0.4, 0.5) is 5.69 Å². The highest BCUT2D eigenvalue weighted by atomic mass is 16.5. The summed E-state index contributed by atoms with van der Waals surface area (Å²) in [6.07, 6.45) is 0. The average Bonchev–Trinajstić information content (AvgIpc) is 2.67. The van der Waals surface area contributed by atoms with Crippen molar-refractivity contribution < 1.29 is 9.26 Å². The molecule has 1 N–H and O–H groups in total. The molecule has 0 unspecified atom stereocenters. The van der Waals surface area contributed by atoms with Gasteiger partial charge in [0, 0.05) is 12.7 Å². The Morgan fingerprint density at radius 1 is 1.24 bits per heavy atom. The first-order valence-electron chi connectivity index (χ1n) is 5.53. The molecule has 0 amide bonds. The SMILES string of the molecule is CNc1ccc(OCc2c(C)noc2C)cc1. The van der Waals surface area contributed by atoms with Crippen molar-refractivity contribution in [2.75, 3.05) is 12.4 Å². The molecule has 0 saturated heterocycles. The second-order valence-corrected chi connectivity index (χ2v) is 3.87. The molecule has 90 valence electrons. The summed E-state index contributed by atoms with van der Waals surface area (Å²) in [5, 5.41) is 6.95. The van der Waals surface area contributed by atoms with Gasteiger partial charge < -0.3 is 14.6 Å². The van der Waals surface area contributed by atoms with Gasteiger partial charge in [-0.1, -0.05) is 5.16 Å². The molecule has 0 spiro atoms. The van der Waals surface area contributed by atoms with Crippen LogP contribution in [0.5, 0.6) is 5.75 Å². The van der Waals surface area contributed by atoms with Crippen LogP contribution in [0, 0.1) is 13.8 Å². The summed E-state index contributed by atoms with van der Waals surface area (Å²) < 4.78 is 10.8. The van der Waals surface area contributed by atoms with Gasteiger partial charge in [0.2, 0.25) is 0 Å². The van der Waals surface area contributed by atoms with Crippen molar-refractivity contribution in [2.45, 2.75) is 20.5 Å². The van der Waals surface area contributed by atoms with Crippen molar-refractivity contribution in [3.63, 3.8) is 0 Å². The molecule has 4 nitrogen and oxygen atoms in total. The molecule has 17 heavy (non-hydrogen) atoms. The Hall–Kier alpha value is -1.97. The molecule has 4 heteroatoms. The van der Waals surface area contributed by atoms with E-state index in [1.807, 2.05) is 45.2 Å². The van der Waals surface area contributed by atoms with E-state index < -0.39 is 0 Å². The molecule has 0 fully saturated rings. The molecule has 1 aromatic carbocycles. The summed E-state index contributed by atoms with van der Waals surface area (Å²) in [6.45, 7) is 4.29. The van der Waals surface area contributed by atoms with Crippen LogP contribution < -0.4 is 10.1 Å². The molecule has 0 radical (unpaired) electrons. The van der Waals surface area contributed by atoms with Crippen LogP contribution in [0.3, 0.4) is 0 Å². The van der Waals surface area contributed by atoms with Crippen LogP contribution >= 0.6 is 0 Å². The van der Waals surface area contributed by atoms with Gasteiger partial charge in [0.05, 0.1) is 11.3 Å². The van der Waals surface area contributed by atoms with Gasteiger partial charge in [-0.3, -0.25) is 0 Å². The van der Waals surface area contributed by atoms with Gasteiger partial charge in [-0.05, 0) is 38.1 Å². The lowest BCUT2D eigenvalue weighted by Crippen LogP contribution is -1.98. The summed E-state index contributed by atoms with van der Waals surface area (Å²) in [6, 6.07) is 7.82. The lowest BCUT2D eigenvalue weighted by Gasteiger charge is -2.06. The van der Waals surface area contributed by atoms with Gasteiger partial charge in [0.15, 0.2) is 0 Å². The fraction of sp³-hybridized carbons (Fsp3) is 0.308. The molecule has 2 rings (SSSR count). The number of ether oxygens (including phenoxy) is 1. The van der Waals surface area contributed by atoms with Crippen molar-refractivity contribution in [3.05, 3.63) is 41.3 Å². The number of benzene rings is 1. The molecule has 0 saturated carbocycles. The molecule has 0 bridgehead atoms. The summed E-state index contributed by atoms with van der Waals surface area (Å²) in [4.78, 5) is 0. The minimum absolute atomic E-state index is 0.486. The van der Waals surface area contributed by atoms with Crippen LogP contribution in [0.25, 0.3) is 0 Å². The summed E-state index contributed by atoms with van der Waals surface area (Å²) in [5.41, 5.74) is 2.96. The van der Waals surface area contributed by atoms with E-state index in [1.165, 1.54) is 0 Å². The summed E-state index contributed by atoms with van der Waals surface area (Å²) >= 11 is 0. The van der Waals surface area contributed by atoms with Crippen molar-refractivity contribution in [2.24, 2.45) is 0 Å². The zero-order chi connectivity index (χ0) is 12.3. The average molecular weight is 232 g/mol.